The summed E-state index contributed by atoms with van der Waals surface area (Å²) >= 11 is 0. The number of amides is 2. The molecule has 7 heteroatoms. The Balaban J connectivity index is 2.39. The quantitative estimate of drug-likeness (QED) is 0.659. The minimum Gasteiger partial charge on any atom is -0.494 e. The lowest BCUT2D eigenvalue weighted by atomic mass is 10.2. The van der Waals surface area contributed by atoms with E-state index in [-0.39, 0.29) is 12.5 Å². The van der Waals surface area contributed by atoms with E-state index in [1.807, 2.05) is 20.8 Å². The third-order valence-electron chi connectivity index (χ3n) is 3.18. The minimum atomic E-state index is -0.909. The van der Waals surface area contributed by atoms with E-state index < -0.39 is 18.0 Å². The third-order valence-corrected chi connectivity index (χ3v) is 3.18. The molecule has 138 valence electrons. The fourth-order valence-corrected chi connectivity index (χ4v) is 1.86. The molecule has 2 N–H and O–H groups in total. The molecule has 0 fully saturated rings. The molecule has 1 aromatic carbocycles. The summed E-state index contributed by atoms with van der Waals surface area (Å²) in [6, 6.07) is 6.57. The lowest BCUT2D eigenvalue weighted by molar-refractivity contribution is -0.153. The highest BCUT2D eigenvalue weighted by molar-refractivity contribution is 5.96. The van der Waals surface area contributed by atoms with Crippen molar-refractivity contribution in [3.05, 3.63) is 29.8 Å². The molecular formula is C18H26N2O5. The fourth-order valence-electron chi connectivity index (χ4n) is 1.86. The molecule has 0 heterocycles. The predicted octanol–water partition coefficient (Wildman–Crippen LogP) is 1.52. The molecule has 0 aliphatic carbocycles. The Morgan fingerprint density at radius 3 is 2.24 bits per heavy atom. The number of hydrogen-bond acceptors (Lipinski definition) is 5. The second-order valence-electron chi connectivity index (χ2n) is 5.91. The van der Waals surface area contributed by atoms with Gasteiger partial charge in [0, 0.05) is 12.1 Å². The van der Waals surface area contributed by atoms with E-state index in [1.165, 1.54) is 6.92 Å². The third kappa shape index (κ3) is 7.69. The first-order chi connectivity index (χ1) is 11.8. The van der Waals surface area contributed by atoms with Crippen molar-refractivity contribution >= 4 is 17.8 Å². The van der Waals surface area contributed by atoms with Crippen LogP contribution < -0.4 is 15.4 Å². The molecule has 25 heavy (non-hydrogen) atoms. The van der Waals surface area contributed by atoms with Gasteiger partial charge in [-0.3, -0.25) is 14.4 Å². The summed E-state index contributed by atoms with van der Waals surface area (Å²) in [7, 11) is 0. The van der Waals surface area contributed by atoms with Crippen LogP contribution in [0, 0.1) is 5.92 Å². The SMILES string of the molecule is CCOc1ccc(C(=O)NCC(=O)OC(C)C(=O)NCC(C)C)cc1. The molecule has 0 radical (unpaired) electrons. The van der Waals surface area contributed by atoms with Crippen molar-refractivity contribution in [2.75, 3.05) is 19.7 Å². The fraction of sp³-hybridized carbons (Fsp3) is 0.500. The molecule has 2 amide bonds. The Morgan fingerprint density at radius 2 is 1.68 bits per heavy atom. The molecular weight excluding hydrogens is 324 g/mol. The summed E-state index contributed by atoms with van der Waals surface area (Å²) in [5.41, 5.74) is 0.402. The van der Waals surface area contributed by atoms with Crippen LogP contribution in [0.2, 0.25) is 0 Å². The zero-order valence-electron chi connectivity index (χ0n) is 15.1. The summed E-state index contributed by atoms with van der Waals surface area (Å²) < 4.78 is 10.3. The van der Waals surface area contributed by atoms with Gasteiger partial charge in [0.25, 0.3) is 11.8 Å². The van der Waals surface area contributed by atoms with Crippen molar-refractivity contribution in [2.45, 2.75) is 33.8 Å². The zero-order chi connectivity index (χ0) is 18.8. The van der Waals surface area contributed by atoms with Crippen LogP contribution in [0.15, 0.2) is 24.3 Å². The van der Waals surface area contributed by atoms with Gasteiger partial charge < -0.3 is 20.1 Å². The molecule has 1 atom stereocenters. The van der Waals surface area contributed by atoms with Crippen molar-refractivity contribution in [2.24, 2.45) is 5.92 Å². The Labute approximate surface area is 148 Å². The molecule has 7 nitrogen and oxygen atoms in total. The topological polar surface area (TPSA) is 93.7 Å². The summed E-state index contributed by atoms with van der Waals surface area (Å²) in [5, 5.41) is 5.14. The molecule has 0 aliphatic heterocycles. The van der Waals surface area contributed by atoms with Crippen LogP contribution in [0.1, 0.15) is 38.1 Å². The lowest BCUT2D eigenvalue weighted by Gasteiger charge is -2.14. The van der Waals surface area contributed by atoms with Crippen LogP contribution in [0.4, 0.5) is 0 Å². The number of carbonyl (C=O) groups excluding carboxylic acids is 3. The normalized spacial score (nSPS) is 11.6. The van der Waals surface area contributed by atoms with Crippen molar-refractivity contribution in [3.8, 4) is 5.75 Å². The zero-order valence-corrected chi connectivity index (χ0v) is 15.1. The monoisotopic (exact) mass is 350 g/mol. The van der Waals surface area contributed by atoms with Gasteiger partial charge in [-0.1, -0.05) is 13.8 Å². The van der Waals surface area contributed by atoms with Crippen molar-refractivity contribution in [1.82, 2.24) is 10.6 Å². The van der Waals surface area contributed by atoms with Crippen LogP contribution in [0.25, 0.3) is 0 Å². The maximum atomic E-state index is 12.0. The molecule has 0 spiro atoms. The molecule has 0 saturated carbocycles. The maximum absolute atomic E-state index is 12.0. The van der Waals surface area contributed by atoms with E-state index in [2.05, 4.69) is 10.6 Å². The van der Waals surface area contributed by atoms with Crippen LogP contribution >= 0.6 is 0 Å². The molecule has 1 aromatic rings. The first kappa shape index (κ1) is 20.5. The second-order valence-corrected chi connectivity index (χ2v) is 5.91. The van der Waals surface area contributed by atoms with Gasteiger partial charge in [0.15, 0.2) is 6.10 Å². The molecule has 1 rings (SSSR count). The van der Waals surface area contributed by atoms with Gasteiger partial charge in [-0.2, -0.15) is 0 Å². The first-order valence-electron chi connectivity index (χ1n) is 8.31. The number of rotatable bonds is 9. The minimum absolute atomic E-state index is 0.306. The summed E-state index contributed by atoms with van der Waals surface area (Å²) in [5.74, 6) is -0.469. The Bertz CT molecular complexity index is 584. The average molecular weight is 350 g/mol. The maximum Gasteiger partial charge on any atom is 0.326 e. The number of hydrogen-bond donors (Lipinski definition) is 2. The van der Waals surface area contributed by atoms with Crippen molar-refractivity contribution in [1.29, 1.82) is 0 Å². The van der Waals surface area contributed by atoms with Gasteiger partial charge in [0.05, 0.1) is 6.61 Å². The van der Waals surface area contributed by atoms with E-state index in [0.29, 0.717) is 30.4 Å². The van der Waals surface area contributed by atoms with E-state index in [4.69, 9.17) is 9.47 Å². The lowest BCUT2D eigenvalue weighted by Crippen LogP contribution is -2.39. The number of benzene rings is 1. The average Bonchev–Trinajstić information content (AvgIpc) is 2.58. The van der Waals surface area contributed by atoms with Gasteiger partial charge >= 0.3 is 5.97 Å². The number of esters is 1. The van der Waals surface area contributed by atoms with Crippen molar-refractivity contribution < 1.29 is 23.9 Å². The molecule has 0 saturated heterocycles. The summed E-state index contributed by atoms with van der Waals surface area (Å²) in [4.78, 5) is 35.5. The molecule has 0 aliphatic rings. The van der Waals surface area contributed by atoms with Crippen molar-refractivity contribution in [3.63, 3.8) is 0 Å². The van der Waals surface area contributed by atoms with Gasteiger partial charge in [0.1, 0.15) is 12.3 Å². The number of carbonyl (C=O) groups is 3. The van der Waals surface area contributed by atoms with Crippen LogP contribution in [-0.2, 0) is 14.3 Å². The highest BCUT2D eigenvalue weighted by Gasteiger charge is 2.18. The van der Waals surface area contributed by atoms with E-state index in [1.54, 1.807) is 24.3 Å². The van der Waals surface area contributed by atoms with Gasteiger partial charge in [0.2, 0.25) is 0 Å². The first-order valence-corrected chi connectivity index (χ1v) is 8.31. The molecule has 0 aromatic heterocycles. The summed E-state index contributed by atoms with van der Waals surface area (Å²) in [6.07, 6.45) is -0.909. The van der Waals surface area contributed by atoms with Gasteiger partial charge in [-0.15, -0.1) is 0 Å². The predicted molar refractivity (Wildman–Crippen MR) is 93.3 cm³/mol. The number of nitrogens with one attached hydrogen (secondary N) is 2. The molecule has 1 unspecified atom stereocenters. The standard InChI is InChI=1S/C18H26N2O5/c1-5-24-15-8-6-14(7-9-15)18(23)20-11-16(21)25-13(4)17(22)19-10-12(2)3/h6-9,12-13H,5,10-11H2,1-4H3,(H,19,22)(H,20,23). The number of ether oxygens (including phenoxy) is 2. The Kier molecular flexibility index (Phi) is 8.46. The molecule has 0 bridgehead atoms. The van der Waals surface area contributed by atoms with E-state index >= 15 is 0 Å². The van der Waals surface area contributed by atoms with Crippen LogP contribution in [-0.4, -0.2) is 43.6 Å². The highest BCUT2D eigenvalue weighted by Crippen LogP contribution is 2.11. The van der Waals surface area contributed by atoms with Gasteiger partial charge in [-0.25, -0.2) is 0 Å². The van der Waals surface area contributed by atoms with E-state index in [9.17, 15) is 14.4 Å². The van der Waals surface area contributed by atoms with Gasteiger partial charge in [-0.05, 0) is 44.0 Å². The smallest absolute Gasteiger partial charge is 0.326 e. The largest absolute Gasteiger partial charge is 0.494 e. The Morgan fingerprint density at radius 1 is 1.04 bits per heavy atom. The summed E-state index contributed by atoms with van der Waals surface area (Å²) in [6.45, 7) is 8.03. The van der Waals surface area contributed by atoms with E-state index in [0.717, 1.165) is 0 Å². The second kappa shape index (κ2) is 10.3. The Hall–Kier alpha value is -2.57. The van der Waals surface area contributed by atoms with Crippen LogP contribution in [0.5, 0.6) is 5.75 Å². The van der Waals surface area contributed by atoms with Crippen LogP contribution in [0.3, 0.4) is 0 Å². The highest BCUT2D eigenvalue weighted by atomic mass is 16.5.